The Morgan fingerprint density at radius 1 is 1.16 bits per heavy atom. The van der Waals surface area contributed by atoms with E-state index in [-0.39, 0.29) is 37.3 Å². The van der Waals surface area contributed by atoms with Crippen LogP contribution in [0.5, 0.6) is 5.75 Å². The van der Waals surface area contributed by atoms with Crippen LogP contribution in [0.3, 0.4) is 0 Å². The van der Waals surface area contributed by atoms with Crippen molar-refractivity contribution in [1.82, 2.24) is 19.7 Å². The van der Waals surface area contributed by atoms with Crippen molar-refractivity contribution >= 4 is 17.9 Å². The van der Waals surface area contributed by atoms with E-state index in [1.807, 2.05) is 6.92 Å². The highest BCUT2D eigenvalue weighted by molar-refractivity contribution is 5.99. The van der Waals surface area contributed by atoms with Gasteiger partial charge in [-0.1, -0.05) is 0 Å². The number of nitrogens with one attached hydrogen (secondary N) is 1. The molecule has 3 heterocycles. The van der Waals surface area contributed by atoms with E-state index in [4.69, 9.17) is 0 Å². The summed E-state index contributed by atoms with van der Waals surface area (Å²) in [5.41, 5.74) is -2.65. The summed E-state index contributed by atoms with van der Waals surface area (Å²) in [5.74, 6) is -6.53. The van der Waals surface area contributed by atoms with E-state index in [1.54, 1.807) is 6.92 Å². The lowest BCUT2D eigenvalue weighted by molar-refractivity contribution is 0.0574. The highest BCUT2D eigenvalue weighted by atomic mass is 19.1. The van der Waals surface area contributed by atoms with Gasteiger partial charge in [0, 0.05) is 56.1 Å². The van der Waals surface area contributed by atoms with Crippen molar-refractivity contribution in [3.05, 3.63) is 62.8 Å². The lowest BCUT2D eigenvalue weighted by Crippen LogP contribution is -2.49. The average molecular weight is 537 g/mol. The summed E-state index contributed by atoms with van der Waals surface area (Å²) < 4.78 is 42.5. The zero-order chi connectivity index (χ0) is 27.9. The number of carboxylic acid groups (broad SMARTS) is 1. The molecule has 3 atom stereocenters. The summed E-state index contributed by atoms with van der Waals surface area (Å²) in [6.07, 6.45) is 1.10. The van der Waals surface area contributed by atoms with Gasteiger partial charge in [-0.15, -0.1) is 0 Å². The lowest BCUT2D eigenvalue weighted by Gasteiger charge is -2.39. The molecule has 1 aromatic carbocycles. The fraction of sp³-hybridized carbons (Fsp3) is 0.440. The molecular weight excluding hydrogens is 509 g/mol. The number of aromatic hydroxyl groups is 1. The summed E-state index contributed by atoms with van der Waals surface area (Å²) in [7, 11) is 0. The summed E-state index contributed by atoms with van der Waals surface area (Å²) >= 11 is 0. The van der Waals surface area contributed by atoms with Crippen molar-refractivity contribution in [3.63, 3.8) is 0 Å². The normalized spacial score (nSPS) is 20.5. The molecule has 2 aliphatic heterocycles. The molecule has 0 aliphatic carbocycles. The molecule has 10 nitrogen and oxygen atoms in total. The maximum Gasteiger partial charge on any atom is 0.407 e. The molecule has 4 rings (SSSR count). The van der Waals surface area contributed by atoms with E-state index < -0.39 is 70.3 Å². The third-order valence-corrected chi connectivity index (χ3v) is 7.33. The van der Waals surface area contributed by atoms with Gasteiger partial charge in [0.2, 0.25) is 5.43 Å². The first-order chi connectivity index (χ1) is 17.9. The Labute approximate surface area is 215 Å². The van der Waals surface area contributed by atoms with Crippen molar-refractivity contribution in [1.29, 1.82) is 0 Å². The van der Waals surface area contributed by atoms with Crippen molar-refractivity contribution < 1.29 is 37.8 Å². The van der Waals surface area contributed by atoms with Crippen molar-refractivity contribution in [2.75, 3.05) is 19.6 Å². The van der Waals surface area contributed by atoms with Crippen LogP contribution < -0.4 is 10.7 Å². The minimum absolute atomic E-state index is 0.127. The average Bonchev–Trinajstić information content (AvgIpc) is 2.99. The Bertz CT molecular complexity index is 1340. The van der Waals surface area contributed by atoms with Crippen LogP contribution >= 0.6 is 0 Å². The summed E-state index contributed by atoms with van der Waals surface area (Å²) in [5, 5.41) is 22.5. The molecule has 0 saturated carbocycles. The Morgan fingerprint density at radius 2 is 1.82 bits per heavy atom. The molecule has 0 spiro atoms. The molecule has 13 heteroatoms. The molecule has 3 N–H and O–H groups in total. The highest BCUT2D eigenvalue weighted by Crippen LogP contribution is 2.38. The maximum atomic E-state index is 14.0. The van der Waals surface area contributed by atoms with Crippen LogP contribution in [0.4, 0.5) is 18.0 Å². The quantitative estimate of drug-likeness (QED) is 0.520. The maximum absolute atomic E-state index is 14.0. The van der Waals surface area contributed by atoms with Crippen molar-refractivity contribution in [2.24, 2.45) is 5.92 Å². The van der Waals surface area contributed by atoms with Crippen molar-refractivity contribution in [2.45, 2.75) is 45.3 Å². The number of aromatic nitrogens is 1. The Morgan fingerprint density at radius 3 is 2.42 bits per heavy atom. The lowest BCUT2D eigenvalue weighted by atomic mass is 9.92. The number of halogens is 3. The number of hydrogen-bond donors (Lipinski definition) is 3. The van der Waals surface area contributed by atoms with Crippen LogP contribution in [-0.2, 0) is 6.54 Å². The first kappa shape index (κ1) is 27.0. The third-order valence-electron chi connectivity index (χ3n) is 7.33. The van der Waals surface area contributed by atoms with Gasteiger partial charge in [-0.2, -0.15) is 0 Å². The van der Waals surface area contributed by atoms with E-state index in [9.17, 15) is 42.6 Å². The van der Waals surface area contributed by atoms with Gasteiger partial charge in [0.25, 0.3) is 11.8 Å². The van der Waals surface area contributed by atoms with E-state index in [1.165, 1.54) is 14.4 Å². The monoisotopic (exact) mass is 536 g/mol. The van der Waals surface area contributed by atoms with E-state index >= 15 is 0 Å². The minimum atomic E-state index is -1.23. The minimum Gasteiger partial charge on any atom is -0.503 e. The molecule has 3 amide bonds. The van der Waals surface area contributed by atoms with Crippen LogP contribution in [0.15, 0.2) is 23.1 Å². The molecule has 1 saturated heterocycles. The topological polar surface area (TPSA) is 132 Å². The van der Waals surface area contributed by atoms with Gasteiger partial charge in [0.1, 0.15) is 23.0 Å². The number of carbonyl (C=O) groups excluding carboxylic acids is 2. The molecule has 38 heavy (non-hydrogen) atoms. The van der Waals surface area contributed by atoms with Gasteiger partial charge >= 0.3 is 6.09 Å². The smallest absolute Gasteiger partial charge is 0.407 e. The molecule has 2 aromatic rings. The first-order valence-corrected chi connectivity index (χ1v) is 12.1. The van der Waals surface area contributed by atoms with Gasteiger partial charge in [0.05, 0.1) is 6.04 Å². The summed E-state index contributed by atoms with van der Waals surface area (Å²) in [6.45, 7) is 3.33. The fourth-order valence-corrected chi connectivity index (χ4v) is 5.17. The predicted octanol–water partition coefficient (Wildman–Crippen LogP) is 2.70. The van der Waals surface area contributed by atoms with Gasteiger partial charge in [-0.3, -0.25) is 14.4 Å². The van der Waals surface area contributed by atoms with Gasteiger partial charge in [0.15, 0.2) is 11.4 Å². The SMILES string of the molecule is CCN(CC1CCC(C)N2CC1n1cc(C(=O)NCc3c(F)cc(F)cc3F)c(=O)c(O)c1C2=O)C(=O)O. The van der Waals surface area contributed by atoms with Gasteiger partial charge in [-0.05, 0) is 32.6 Å². The number of pyridine rings is 1. The number of carbonyl (C=O) groups is 3. The molecule has 0 radical (unpaired) electrons. The summed E-state index contributed by atoms with van der Waals surface area (Å²) in [6, 6.07) is 0.101. The summed E-state index contributed by atoms with van der Waals surface area (Å²) in [4.78, 5) is 53.5. The van der Waals surface area contributed by atoms with Crippen molar-refractivity contribution in [3.8, 4) is 5.75 Å². The molecule has 2 aliphatic rings. The largest absolute Gasteiger partial charge is 0.503 e. The standard InChI is InChI=1S/C25H27F3N4O6/c1-3-30(25(37)38)9-13-5-4-12(2)31-11-19(13)32-10-16(21(33)22(34)20(32)24(31)36)23(35)29-8-15-17(27)6-14(26)7-18(15)28/h6-7,10,12-13,19,34H,3-5,8-9,11H2,1-2H3,(H,29,35)(H,37,38). The number of rotatable bonds is 6. The van der Waals surface area contributed by atoms with E-state index in [0.717, 1.165) is 6.20 Å². The Kier molecular flexibility index (Phi) is 7.38. The van der Waals surface area contributed by atoms with E-state index in [0.29, 0.717) is 25.0 Å². The van der Waals surface area contributed by atoms with Crippen LogP contribution in [0.1, 0.15) is 59.1 Å². The predicted molar refractivity (Wildman–Crippen MR) is 127 cm³/mol. The second-order valence-corrected chi connectivity index (χ2v) is 9.54. The molecule has 1 fully saturated rings. The molecular formula is C25H27F3N4O6. The van der Waals surface area contributed by atoms with Gasteiger partial charge < -0.3 is 29.9 Å². The third kappa shape index (κ3) is 4.79. The van der Waals surface area contributed by atoms with Crippen LogP contribution in [-0.4, -0.2) is 68.2 Å². The van der Waals surface area contributed by atoms with Crippen LogP contribution in [0.2, 0.25) is 0 Å². The molecule has 3 unspecified atom stereocenters. The zero-order valence-corrected chi connectivity index (χ0v) is 20.7. The number of benzene rings is 1. The number of hydrogen-bond acceptors (Lipinski definition) is 5. The number of fused-ring (bicyclic) bond motifs is 4. The van der Waals surface area contributed by atoms with E-state index in [2.05, 4.69) is 5.32 Å². The molecule has 204 valence electrons. The van der Waals surface area contributed by atoms with Crippen LogP contribution in [0.25, 0.3) is 0 Å². The number of amides is 3. The molecule has 2 bridgehead atoms. The Balaban J connectivity index is 1.73. The first-order valence-electron chi connectivity index (χ1n) is 12.1. The number of nitrogens with zero attached hydrogens (tertiary/aromatic N) is 3. The zero-order valence-electron chi connectivity index (χ0n) is 20.7. The second kappa shape index (κ2) is 10.4. The molecule has 1 aromatic heterocycles. The van der Waals surface area contributed by atoms with Gasteiger partial charge in [-0.25, -0.2) is 18.0 Å². The Hall–Kier alpha value is -4.03. The second-order valence-electron chi connectivity index (χ2n) is 9.54. The highest BCUT2D eigenvalue weighted by Gasteiger charge is 2.43. The fourth-order valence-electron chi connectivity index (χ4n) is 5.17. The van der Waals surface area contributed by atoms with Crippen LogP contribution in [0, 0.1) is 23.4 Å².